The molecule has 7 rings (SSSR count). The van der Waals surface area contributed by atoms with E-state index in [1.54, 1.807) is 0 Å². The van der Waals surface area contributed by atoms with Gasteiger partial charge in [0.2, 0.25) is 0 Å². The number of carbonyl (C=O) groups excluding carboxylic acids is 8. The van der Waals surface area contributed by atoms with E-state index < -0.39 is 62.0 Å². The molecule has 1 atom stereocenters. The molecule has 7 aliphatic rings. The lowest BCUT2D eigenvalue weighted by atomic mass is 9.46. The van der Waals surface area contributed by atoms with Crippen molar-refractivity contribution >= 4 is 47.8 Å². The van der Waals surface area contributed by atoms with Gasteiger partial charge in [0, 0.05) is 11.8 Å². The largest absolute Gasteiger partial charge is 0.465 e. The molecule has 1 unspecified atom stereocenters. The summed E-state index contributed by atoms with van der Waals surface area (Å²) in [5, 5.41) is 0. The number of hydrogen-bond donors (Lipinski definition) is 0. The van der Waals surface area contributed by atoms with Gasteiger partial charge in [0.25, 0.3) is 0 Å². The van der Waals surface area contributed by atoms with Crippen LogP contribution < -0.4 is 0 Å². The van der Waals surface area contributed by atoms with Gasteiger partial charge < -0.3 is 37.9 Å². The summed E-state index contributed by atoms with van der Waals surface area (Å²) in [6.45, 7) is 53.9. The number of hydrogen-bond acceptors (Lipinski definition) is 16. The normalized spacial score (nSPS) is 20.7. The lowest BCUT2D eigenvalue weighted by molar-refractivity contribution is -0.203. The molecule has 4 bridgehead atoms. The lowest BCUT2D eigenvalue weighted by Gasteiger charge is -2.61. The Morgan fingerprint density at radius 2 is 0.619 bits per heavy atom. The molecule has 0 radical (unpaired) electrons. The monoisotopic (exact) mass is 1380 g/mol. The van der Waals surface area contributed by atoms with Crippen molar-refractivity contribution in [1.82, 2.24) is 0 Å². The molecule has 0 spiro atoms. The van der Waals surface area contributed by atoms with E-state index in [2.05, 4.69) is 13.8 Å². The predicted molar refractivity (Wildman–Crippen MR) is 391 cm³/mol. The smallest absolute Gasteiger partial charge is 0.344 e. The average molecular weight is 1380 g/mol. The van der Waals surface area contributed by atoms with Crippen LogP contribution in [-0.2, 0) is 76.3 Å². The van der Waals surface area contributed by atoms with Crippen LogP contribution in [0.5, 0.6) is 0 Å². The van der Waals surface area contributed by atoms with Gasteiger partial charge in [-0.2, -0.15) is 0 Å². The summed E-state index contributed by atoms with van der Waals surface area (Å²) >= 11 is 0. The Labute approximate surface area is 593 Å². The molecule has 97 heavy (non-hydrogen) atoms. The van der Waals surface area contributed by atoms with Crippen molar-refractivity contribution in [2.45, 2.75) is 383 Å². The van der Waals surface area contributed by atoms with E-state index in [4.69, 9.17) is 37.9 Å². The second kappa shape index (κ2) is 44.9. The Bertz CT molecular complexity index is 2250. The molecule has 0 saturated heterocycles. The first-order chi connectivity index (χ1) is 45.2. The first-order valence-electron chi connectivity index (χ1n) is 38.8. The Balaban J connectivity index is 0. The van der Waals surface area contributed by atoms with Crippen molar-refractivity contribution in [3.05, 3.63) is 0 Å². The van der Waals surface area contributed by atoms with E-state index in [0.29, 0.717) is 49.9 Å². The SMILES string of the molecule is CC.CC.CC.CC.CCC(C)(C)C(=O)OCC(=O)OC(C)(C)C12CC3CC(CC(C3)C1)C2.CCC(C)(C)C(=O)OCC(=O)OC(C)(C)C1CCCC1.CCC(C)(C)C(=O)OCC(=O)OC(C)(CC)C1CCCC1.CCC(C)(C)C(=O)OCCCC(=O)OC(C)(C)C1CCCCC1. The molecular weight excluding hydrogens is 1230 g/mol. The fraction of sp³-hybridized carbons (Fsp3) is 0.901. The minimum atomic E-state index is -0.560. The van der Waals surface area contributed by atoms with Gasteiger partial charge in [0.1, 0.15) is 22.4 Å². The maximum Gasteiger partial charge on any atom is 0.344 e. The molecule has 7 aliphatic carbocycles. The van der Waals surface area contributed by atoms with Gasteiger partial charge in [-0.05, 0) is 255 Å². The second-order valence-electron chi connectivity index (χ2n) is 31.7. The highest BCUT2D eigenvalue weighted by molar-refractivity contribution is 5.81. The van der Waals surface area contributed by atoms with Gasteiger partial charge in [-0.25, -0.2) is 14.4 Å². The van der Waals surface area contributed by atoms with Crippen molar-refractivity contribution in [3.8, 4) is 0 Å². The number of ether oxygens (including phenoxy) is 8. The van der Waals surface area contributed by atoms with E-state index in [0.717, 1.165) is 69.1 Å². The van der Waals surface area contributed by atoms with Crippen LogP contribution in [0, 0.1) is 62.6 Å². The maximum atomic E-state index is 12.4. The predicted octanol–water partition coefficient (Wildman–Crippen LogP) is 20.6. The highest BCUT2D eigenvalue weighted by atomic mass is 16.6. The summed E-state index contributed by atoms with van der Waals surface area (Å²) in [5.74, 6) is 1.01. The molecule has 0 aromatic rings. The molecule has 7 fully saturated rings. The Morgan fingerprint density at radius 1 is 0.340 bits per heavy atom. The number of esters is 8. The fourth-order valence-electron chi connectivity index (χ4n) is 13.9. The molecule has 16 heteroatoms. The molecular formula is C81H150O16. The molecule has 0 N–H and O–H groups in total. The third kappa shape index (κ3) is 31.7. The van der Waals surface area contributed by atoms with Crippen molar-refractivity contribution in [2.24, 2.45) is 62.6 Å². The molecule has 0 aromatic carbocycles. The lowest BCUT2D eigenvalue weighted by Crippen LogP contribution is -2.57. The Hall–Kier alpha value is -4.24. The third-order valence-corrected chi connectivity index (χ3v) is 22.1. The zero-order chi connectivity index (χ0) is 75.5. The molecule has 0 aromatic heterocycles. The molecule has 16 nitrogen and oxygen atoms in total. The molecule has 0 aliphatic heterocycles. The van der Waals surface area contributed by atoms with Crippen LogP contribution in [-0.4, -0.2) is 96.6 Å². The van der Waals surface area contributed by atoms with Crippen LogP contribution in [0.15, 0.2) is 0 Å². The summed E-state index contributed by atoms with van der Waals surface area (Å²) in [6, 6.07) is 0. The summed E-state index contributed by atoms with van der Waals surface area (Å²) < 4.78 is 43.4. The zero-order valence-corrected chi connectivity index (χ0v) is 67.7. The first-order valence-corrected chi connectivity index (χ1v) is 38.8. The van der Waals surface area contributed by atoms with Crippen molar-refractivity contribution in [3.63, 3.8) is 0 Å². The van der Waals surface area contributed by atoms with Crippen LogP contribution in [0.3, 0.4) is 0 Å². The summed E-state index contributed by atoms with van der Waals surface area (Å²) in [4.78, 5) is 95.8. The highest BCUT2D eigenvalue weighted by Gasteiger charge is 2.59. The minimum Gasteiger partial charge on any atom is -0.465 e. The van der Waals surface area contributed by atoms with E-state index in [-0.39, 0.29) is 61.7 Å². The summed E-state index contributed by atoms with van der Waals surface area (Å²) in [5.41, 5.74) is -3.80. The summed E-state index contributed by atoms with van der Waals surface area (Å²) in [6.07, 6.45) is 27.3. The first kappa shape index (κ1) is 94.8. The van der Waals surface area contributed by atoms with Crippen LogP contribution >= 0.6 is 0 Å². The van der Waals surface area contributed by atoms with Crippen molar-refractivity contribution in [1.29, 1.82) is 0 Å². The van der Waals surface area contributed by atoms with Gasteiger partial charge in [-0.3, -0.25) is 24.0 Å². The van der Waals surface area contributed by atoms with Crippen LogP contribution in [0.2, 0.25) is 0 Å². The van der Waals surface area contributed by atoms with Crippen LogP contribution in [0.25, 0.3) is 0 Å². The Kier molecular flexibility index (Phi) is 43.9. The zero-order valence-electron chi connectivity index (χ0n) is 67.7. The van der Waals surface area contributed by atoms with Gasteiger partial charge in [0.05, 0.1) is 28.3 Å². The topological polar surface area (TPSA) is 210 Å². The Morgan fingerprint density at radius 3 is 0.938 bits per heavy atom. The van der Waals surface area contributed by atoms with Gasteiger partial charge in [-0.1, -0.05) is 135 Å². The molecule has 0 amide bonds. The quantitative estimate of drug-likeness (QED) is 0.0425. The van der Waals surface area contributed by atoms with Crippen molar-refractivity contribution in [2.75, 3.05) is 26.4 Å². The molecule has 0 heterocycles. The van der Waals surface area contributed by atoms with Crippen molar-refractivity contribution < 1.29 is 76.3 Å². The fourth-order valence-corrected chi connectivity index (χ4v) is 13.9. The number of rotatable bonds is 27. The minimum absolute atomic E-state index is 0.115. The molecule has 570 valence electrons. The average Bonchev–Trinajstić information content (AvgIpc) is 1.04. The standard InChI is InChI=1S/C21H34O4.C19H34O4.C17H30O4.C16H28O4.4C2H6/c1-6-19(2,3)18(23)24-13-17(22)25-20(4,5)21-10-14-7-15(11-21)9-16(8-14)12-21;1-6-18(2,3)17(21)22-14-10-13-16(20)23-19(4,5)15-11-8-7-9-12-15;1-6-16(3,4)15(19)20-12-14(18)21-17(5,7-2)13-10-8-9-11-13;1-6-15(2,3)14(18)19-11-13(17)20-16(4,5)12-9-7-8-10-12;4*1-2/h14-16H,6-13H2,1-5H3;15H,6-14H2,1-5H3;13H,6-12H2,1-5H3;12H,6-11H2,1-5H3;4*1-2H3. The van der Waals surface area contributed by atoms with Crippen LogP contribution in [0.1, 0.15) is 361 Å². The summed E-state index contributed by atoms with van der Waals surface area (Å²) in [7, 11) is 0. The number of carbonyl (C=O) groups is 8. The highest BCUT2D eigenvalue weighted by Crippen LogP contribution is 2.64. The van der Waals surface area contributed by atoms with Gasteiger partial charge in [-0.15, -0.1) is 0 Å². The molecule has 7 saturated carbocycles. The van der Waals surface area contributed by atoms with Crippen LogP contribution in [0.4, 0.5) is 0 Å². The maximum absolute atomic E-state index is 12.4. The van der Waals surface area contributed by atoms with E-state index >= 15 is 0 Å². The van der Waals surface area contributed by atoms with Gasteiger partial charge >= 0.3 is 47.8 Å². The second-order valence-corrected chi connectivity index (χ2v) is 31.7. The van der Waals surface area contributed by atoms with E-state index in [1.165, 1.54) is 83.5 Å². The van der Waals surface area contributed by atoms with E-state index in [1.807, 2.05) is 180 Å². The van der Waals surface area contributed by atoms with Gasteiger partial charge in [0.15, 0.2) is 19.8 Å². The van der Waals surface area contributed by atoms with E-state index in [9.17, 15) is 38.4 Å². The third-order valence-electron chi connectivity index (χ3n) is 22.1.